The van der Waals surface area contributed by atoms with Crippen molar-refractivity contribution in [1.29, 1.82) is 0 Å². The van der Waals surface area contributed by atoms with Crippen LogP contribution in [0.25, 0.3) is 0 Å². The monoisotopic (exact) mass is 153 g/mol. The van der Waals surface area contributed by atoms with Gasteiger partial charge in [0.05, 0.1) is 0 Å². The lowest BCUT2D eigenvalue weighted by Crippen LogP contribution is -2.00. The number of rotatable bonds is 3. The van der Waals surface area contributed by atoms with Gasteiger partial charge in [-0.05, 0) is 31.6 Å². The Labute approximate surface area is 67.7 Å². The standard InChI is InChI=1S/C9H15NO/c1-3-8(7-10)5-6-9(11)4-2/h3-6,11H,7,10H2,1-2H3/b6-5-,8-3+,9-4+. The highest BCUT2D eigenvalue weighted by Crippen LogP contribution is 1.97. The van der Waals surface area contributed by atoms with Crippen molar-refractivity contribution in [3.05, 3.63) is 35.6 Å². The molecule has 3 N–H and O–H groups in total. The van der Waals surface area contributed by atoms with Gasteiger partial charge < -0.3 is 10.8 Å². The fourth-order valence-electron chi connectivity index (χ4n) is 0.571. The molecule has 0 saturated heterocycles. The van der Waals surface area contributed by atoms with Gasteiger partial charge in [0.25, 0.3) is 0 Å². The van der Waals surface area contributed by atoms with E-state index in [1.165, 1.54) is 0 Å². The van der Waals surface area contributed by atoms with Crippen LogP contribution in [0, 0.1) is 0 Å². The molecule has 0 rings (SSSR count). The maximum atomic E-state index is 9.00. The van der Waals surface area contributed by atoms with Gasteiger partial charge in [0.2, 0.25) is 0 Å². The fraction of sp³-hybridized carbons (Fsp3) is 0.333. The second kappa shape index (κ2) is 5.74. The number of aliphatic hydroxyl groups excluding tert-OH is 1. The van der Waals surface area contributed by atoms with Crippen LogP contribution in [0.4, 0.5) is 0 Å². The first kappa shape index (κ1) is 9.98. The second-order valence-corrected chi connectivity index (χ2v) is 2.11. The fourth-order valence-corrected chi connectivity index (χ4v) is 0.571. The third-order valence-corrected chi connectivity index (χ3v) is 1.37. The van der Waals surface area contributed by atoms with Crippen LogP contribution in [0.2, 0.25) is 0 Å². The molecule has 0 saturated carbocycles. The minimum absolute atomic E-state index is 0.262. The number of nitrogens with two attached hydrogens (primary N) is 1. The summed E-state index contributed by atoms with van der Waals surface area (Å²) >= 11 is 0. The van der Waals surface area contributed by atoms with E-state index in [9.17, 15) is 0 Å². The lowest BCUT2D eigenvalue weighted by atomic mass is 10.2. The van der Waals surface area contributed by atoms with Crippen molar-refractivity contribution in [2.75, 3.05) is 6.54 Å². The van der Waals surface area contributed by atoms with E-state index in [0.717, 1.165) is 5.57 Å². The maximum Gasteiger partial charge on any atom is 0.111 e. The molecule has 0 amide bonds. The molecule has 0 aromatic heterocycles. The molecule has 0 spiro atoms. The zero-order valence-electron chi connectivity index (χ0n) is 7.04. The van der Waals surface area contributed by atoms with E-state index in [1.54, 1.807) is 25.2 Å². The number of allylic oxidation sites excluding steroid dienone is 3. The molecular weight excluding hydrogens is 138 g/mol. The van der Waals surface area contributed by atoms with Crippen molar-refractivity contribution in [2.45, 2.75) is 13.8 Å². The summed E-state index contributed by atoms with van der Waals surface area (Å²) < 4.78 is 0. The normalized spacial score (nSPS) is 14.5. The smallest absolute Gasteiger partial charge is 0.111 e. The summed E-state index contributed by atoms with van der Waals surface area (Å²) in [6.07, 6.45) is 6.97. The molecule has 2 heteroatoms. The van der Waals surface area contributed by atoms with Gasteiger partial charge >= 0.3 is 0 Å². The summed E-state index contributed by atoms with van der Waals surface area (Å²) in [6.45, 7) is 4.20. The quantitative estimate of drug-likeness (QED) is 0.480. The van der Waals surface area contributed by atoms with Gasteiger partial charge in [-0.3, -0.25) is 0 Å². The molecule has 11 heavy (non-hydrogen) atoms. The molecule has 62 valence electrons. The highest BCUT2D eigenvalue weighted by atomic mass is 16.3. The van der Waals surface area contributed by atoms with Gasteiger partial charge in [-0.1, -0.05) is 12.2 Å². The van der Waals surface area contributed by atoms with Crippen LogP contribution in [0.1, 0.15) is 13.8 Å². The molecule has 0 radical (unpaired) electrons. The van der Waals surface area contributed by atoms with E-state index >= 15 is 0 Å². The van der Waals surface area contributed by atoms with E-state index < -0.39 is 0 Å². The molecule has 2 nitrogen and oxygen atoms in total. The predicted molar refractivity (Wildman–Crippen MR) is 48.3 cm³/mol. The Balaban J connectivity index is 4.12. The van der Waals surface area contributed by atoms with Crippen LogP contribution in [0.5, 0.6) is 0 Å². The van der Waals surface area contributed by atoms with Crippen molar-refractivity contribution < 1.29 is 5.11 Å². The van der Waals surface area contributed by atoms with Crippen molar-refractivity contribution in [3.63, 3.8) is 0 Å². The lowest BCUT2D eigenvalue weighted by Gasteiger charge is -1.93. The zero-order valence-corrected chi connectivity index (χ0v) is 7.04. The largest absolute Gasteiger partial charge is 0.508 e. The van der Waals surface area contributed by atoms with Crippen LogP contribution in [-0.4, -0.2) is 11.7 Å². The molecule has 0 aliphatic heterocycles. The summed E-state index contributed by atoms with van der Waals surface area (Å²) in [7, 11) is 0. The molecule has 0 atom stereocenters. The Bertz CT molecular complexity index is 190. The maximum absolute atomic E-state index is 9.00. The van der Waals surface area contributed by atoms with Crippen molar-refractivity contribution in [1.82, 2.24) is 0 Å². The van der Waals surface area contributed by atoms with Gasteiger partial charge in [-0.2, -0.15) is 0 Å². The predicted octanol–water partition coefficient (Wildman–Crippen LogP) is 1.91. The molecule has 0 aromatic rings. The van der Waals surface area contributed by atoms with Gasteiger partial charge in [-0.15, -0.1) is 0 Å². The summed E-state index contributed by atoms with van der Waals surface area (Å²) in [5.74, 6) is 0.262. The third-order valence-electron chi connectivity index (χ3n) is 1.37. The van der Waals surface area contributed by atoms with Gasteiger partial charge in [0, 0.05) is 6.54 Å². The van der Waals surface area contributed by atoms with Gasteiger partial charge in [0.1, 0.15) is 5.76 Å². The first-order chi connectivity index (χ1) is 5.24. The Morgan fingerprint density at radius 2 is 1.91 bits per heavy atom. The number of hydrogen-bond donors (Lipinski definition) is 2. The first-order valence-corrected chi connectivity index (χ1v) is 3.63. The average molecular weight is 153 g/mol. The van der Waals surface area contributed by atoms with Crippen molar-refractivity contribution >= 4 is 0 Å². The molecule has 0 unspecified atom stereocenters. The van der Waals surface area contributed by atoms with E-state index in [1.807, 2.05) is 13.0 Å². The zero-order chi connectivity index (χ0) is 8.69. The molecule has 0 heterocycles. The Morgan fingerprint density at radius 1 is 1.27 bits per heavy atom. The lowest BCUT2D eigenvalue weighted by molar-refractivity contribution is 0.431. The van der Waals surface area contributed by atoms with E-state index in [0.29, 0.717) is 6.54 Å². The van der Waals surface area contributed by atoms with Crippen LogP contribution in [0.15, 0.2) is 35.6 Å². The molecule has 0 aliphatic rings. The first-order valence-electron chi connectivity index (χ1n) is 3.63. The van der Waals surface area contributed by atoms with Crippen molar-refractivity contribution in [3.8, 4) is 0 Å². The minimum Gasteiger partial charge on any atom is -0.508 e. The minimum atomic E-state index is 0.262. The van der Waals surface area contributed by atoms with Crippen LogP contribution in [0.3, 0.4) is 0 Å². The molecule has 0 fully saturated rings. The van der Waals surface area contributed by atoms with Crippen LogP contribution in [-0.2, 0) is 0 Å². The Kier molecular flexibility index (Phi) is 5.21. The van der Waals surface area contributed by atoms with Crippen molar-refractivity contribution in [2.24, 2.45) is 5.73 Å². The van der Waals surface area contributed by atoms with Crippen LogP contribution < -0.4 is 5.73 Å². The molecule has 0 aliphatic carbocycles. The molecule has 0 bridgehead atoms. The van der Waals surface area contributed by atoms with Crippen LogP contribution >= 0.6 is 0 Å². The summed E-state index contributed by atoms with van der Waals surface area (Å²) in [4.78, 5) is 0. The van der Waals surface area contributed by atoms with E-state index in [4.69, 9.17) is 10.8 Å². The number of hydrogen-bond acceptors (Lipinski definition) is 2. The van der Waals surface area contributed by atoms with Gasteiger partial charge in [0.15, 0.2) is 0 Å². The highest BCUT2D eigenvalue weighted by molar-refractivity contribution is 5.24. The average Bonchev–Trinajstić information content (AvgIpc) is 2.06. The topological polar surface area (TPSA) is 46.2 Å². The summed E-state index contributed by atoms with van der Waals surface area (Å²) in [6, 6.07) is 0. The Morgan fingerprint density at radius 3 is 2.27 bits per heavy atom. The Hall–Kier alpha value is -1.02. The van der Waals surface area contributed by atoms with Gasteiger partial charge in [-0.25, -0.2) is 0 Å². The van der Waals surface area contributed by atoms with E-state index in [2.05, 4.69) is 0 Å². The highest BCUT2D eigenvalue weighted by Gasteiger charge is 1.85. The second-order valence-electron chi connectivity index (χ2n) is 2.11. The third kappa shape index (κ3) is 4.39. The van der Waals surface area contributed by atoms with E-state index in [-0.39, 0.29) is 5.76 Å². The molecular formula is C9H15NO. The number of aliphatic hydroxyl groups is 1. The molecule has 0 aromatic carbocycles. The SMILES string of the molecule is C\C=C(O)/C=C\C(=C/C)CN. The summed E-state index contributed by atoms with van der Waals surface area (Å²) in [5, 5.41) is 9.00. The summed E-state index contributed by atoms with van der Waals surface area (Å²) in [5.41, 5.74) is 6.40.